The van der Waals surface area contributed by atoms with Gasteiger partial charge in [-0.25, -0.2) is 4.99 Å². The molecule has 0 amide bonds. The topological polar surface area (TPSA) is 21.6 Å². The Kier molecular flexibility index (Phi) is 7.43. The van der Waals surface area contributed by atoms with Gasteiger partial charge in [0.15, 0.2) is 0 Å². The zero-order valence-electron chi connectivity index (χ0n) is 13.7. The number of nitrogens with zero attached hydrogens (tertiary/aromatic N) is 1. The molecule has 0 N–H and O–H groups in total. The maximum atomic E-state index is 5.84. The zero-order chi connectivity index (χ0) is 15.1. The molecule has 1 atom stereocenters. The summed E-state index contributed by atoms with van der Waals surface area (Å²) in [6, 6.07) is 8.49. The fourth-order valence-electron chi connectivity index (χ4n) is 1.52. The Morgan fingerprint density at radius 2 is 1.47 bits per heavy atom. The van der Waals surface area contributed by atoms with Gasteiger partial charge in [-0.3, -0.25) is 0 Å². The molecule has 0 aliphatic carbocycles. The van der Waals surface area contributed by atoms with Crippen LogP contribution in [0.2, 0.25) is 0 Å². The third-order valence-electron chi connectivity index (χ3n) is 2.98. The monoisotopic (exact) mass is 263 g/mol. The SMILES string of the molecule is CC.CC.Cc1ccc(C2=NC(C)C(C)(C)O2)cc1. The second-order valence-corrected chi connectivity index (χ2v) is 4.68. The maximum Gasteiger partial charge on any atom is 0.217 e. The molecule has 0 saturated heterocycles. The maximum absolute atomic E-state index is 5.84. The van der Waals surface area contributed by atoms with Gasteiger partial charge >= 0.3 is 0 Å². The molecular weight excluding hydrogens is 234 g/mol. The molecule has 1 aliphatic heterocycles. The van der Waals surface area contributed by atoms with Gasteiger partial charge in [0.2, 0.25) is 5.90 Å². The molecule has 0 aromatic heterocycles. The first-order chi connectivity index (χ1) is 8.99. The van der Waals surface area contributed by atoms with E-state index in [1.54, 1.807) is 0 Å². The molecule has 0 fully saturated rings. The molecule has 0 bridgehead atoms. The van der Waals surface area contributed by atoms with Crippen LogP contribution in [-0.2, 0) is 4.74 Å². The van der Waals surface area contributed by atoms with Crippen LogP contribution in [-0.4, -0.2) is 17.5 Å². The van der Waals surface area contributed by atoms with Crippen molar-refractivity contribution in [3.8, 4) is 0 Å². The standard InChI is InChI=1S/C13H17NO.2C2H6/c1-9-5-7-11(8-6-9)12-14-10(2)13(3,4)15-12;2*1-2/h5-8,10H,1-4H3;2*1-2H3. The minimum atomic E-state index is -0.180. The summed E-state index contributed by atoms with van der Waals surface area (Å²) in [5, 5.41) is 0. The van der Waals surface area contributed by atoms with Crippen LogP contribution in [0.3, 0.4) is 0 Å². The minimum Gasteiger partial charge on any atom is -0.469 e. The van der Waals surface area contributed by atoms with Gasteiger partial charge in [0.05, 0.1) is 6.04 Å². The summed E-state index contributed by atoms with van der Waals surface area (Å²) in [4.78, 5) is 4.54. The summed E-state index contributed by atoms with van der Waals surface area (Å²) in [6.07, 6.45) is 0. The third-order valence-corrected chi connectivity index (χ3v) is 2.98. The van der Waals surface area contributed by atoms with Gasteiger partial charge < -0.3 is 4.74 Å². The van der Waals surface area contributed by atoms with Crippen molar-refractivity contribution in [2.24, 2.45) is 4.99 Å². The molecule has 2 heteroatoms. The van der Waals surface area contributed by atoms with Crippen molar-refractivity contribution < 1.29 is 4.74 Å². The zero-order valence-corrected chi connectivity index (χ0v) is 13.7. The van der Waals surface area contributed by atoms with E-state index >= 15 is 0 Å². The van der Waals surface area contributed by atoms with Crippen LogP contribution in [0.15, 0.2) is 29.3 Å². The Morgan fingerprint density at radius 3 is 1.84 bits per heavy atom. The Hall–Kier alpha value is -1.31. The smallest absolute Gasteiger partial charge is 0.217 e. The summed E-state index contributed by atoms with van der Waals surface area (Å²) in [7, 11) is 0. The van der Waals surface area contributed by atoms with Gasteiger partial charge in [-0.05, 0) is 39.8 Å². The number of ether oxygens (including phenoxy) is 1. The number of hydrogen-bond acceptors (Lipinski definition) is 2. The quantitative estimate of drug-likeness (QED) is 0.699. The lowest BCUT2D eigenvalue weighted by molar-refractivity contribution is 0.103. The van der Waals surface area contributed by atoms with Crippen LogP contribution in [0.4, 0.5) is 0 Å². The average Bonchev–Trinajstić information content (AvgIpc) is 2.69. The van der Waals surface area contributed by atoms with Crippen LogP contribution in [0.1, 0.15) is 59.6 Å². The summed E-state index contributed by atoms with van der Waals surface area (Å²) >= 11 is 0. The van der Waals surface area contributed by atoms with E-state index in [4.69, 9.17) is 4.74 Å². The van der Waals surface area contributed by atoms with E-state index in [1.165, 1.54) is 5.56 Å². The molecule has 0 saturated carbocycles. The van der Waals surface area contributed by atoms with Crippen molar-refractivity contribution in [3.63, 3.8) is 0 Å². The minimum absolute atomic E-state index is 0.180. The average molecular weight is 263 g/mol. The van der Waals surface area contributed by atoms with Gasteiger partial charge in [-0.1, -0.05) is 45.4 Å². The third kappa shape index (κ3) is 4.70. The van der Waals surface area contributed by atoms with Crippen molar-refractivity contribution in [1.29, 1.82) is 0 Å². The summed E-state index contributed by atoms with van der Waals surface area (Å²) in [6.45, 7) is 16.3. The lowest BCUT2D eigenvalue weighted by Crippen LogP contribution is -2.31. The Morgan fingerprint density at radius 1 is 1.00 bits per heavy atom. The number of rotatable bonds is 1. The fraction of sp³-hybridized carbons (Fsp3) is 0.588. The summed E-state index contributed by atoms with van der Waals surface area (Å²) < 4.78 is 5.84. The molecule has 1 aromatic rings. The molecule has 1 aliphatic rings. The Labute approximate surface area is 118 Å². The van der Waals surface area contributed by atoms with Crippen LogP contribution < -0.4 is 0 Å². The molecule has 1 unspecified atom stereocenters. The van der Waals surface area contributed by atoms with Gasteiger partial charge in [-0.15, -0.1) is 0 Å². The van der Waals surface area contributed by atoms with E-state index in [9.17, 15) is 0 Å². The molecule has 1 aromatic carbocycles. The molecule has 1 heterocycles. The molecule has 0 spiro atoms. The van der Waals surface area contributed by atoms with Gasteiger partial charge in [-0.2, -0.15) is 0 Å². The van der Waals surface area contributed by atoms with Crippen molar-refractivity contribution in [2.75, 3.05) is 0 Å². The second-order valence-electron chi connectivity index (χ2n) is 4.68. The lowest BCUT2D eigenvalue weighted by Gasteiger charge is -2.21. The summed E-state index contributed by atoms with van der Waals surface area (Å²) in [5.41, 5.74) is 2.14. The van der Waals surface area contributed by atoms with Crippen molar-refractivity contribution in [1.82, 2.24) is 0 Å². The molecular formula is C17H29NO. The van der Waals surface area contributed by atoms with Gasteiger partial charge in [0.1, 0.15) is 5.60 Å². The van der Waals surface area contributed by atoms with E-state index in [0.717, 1.165) is 11.5 Å². The van der Waals surface area contributed by atoms with Gasteiger partial charge in [0.25, 0.3) is 0 Å². The van der Waals surface area contributed by atoms with Gasteiger partial charge in [0, 0.05) is 5.56 Å². The number of aliphatic imine (C=N–C) groups is 1. The van der Waals surface area contributed by atoms with Crippen LogP contribution >= 0.6 is 0 Å². The highest BCUT2D eigenvalue weighted by Crippen LogP contribution is 2.27. The number of hydrogen-bond donors (Lipinski definition) is 0. The molecule has 2 rings (SSSR count). The lowest BCUT2D eigenvalue weighted by atomic mass is 10.0. The Bertz CT molecular complexity index is 390. The Balaban J connectivity index is 0.000000741. The normalized spacial score (nSPS) is 19.2. The number of aryl methyl sites for hydroxylation is 1. The predicted octanol–water partition coefficient (Wildman–Crippen LogP) is 4.99. The van der Waals surface area contributed by atoms with E-state index in [2.05, 4.69) is 57.0 Å². The summed E-state index contributed by atoms with van der Waals surface area (Å²) in [5.74, 6) is 0.771. The van der Waals surface area contributed by atoms with E-state index in [1.807, 2.05) is 27.7 Å². The second kappa shape index (κ2) is 7.98. The fourth-order valence-corrected chi connectivity index (χ4v) is 1.52. The first-order valence-corrected chi connectivity index (χ1v) is 7.33. The van der Waals surface area contributed by atoms with E-state index in [0.29, 0.717) is 0 Å². The molecule has 2 nitrogen and oxygen atoms in total. The predicted molar refractivity (Wildman–Crippen MR) is 85.0 cm³/mol. The highest BCUT2D eigenvalue weighted by atomic mass is 16.5. The highest BCUT2D eigenvalue weighted by Gasteiger charge is 2.35. The van der Waals surface area contributed by atoms with Crippen LogP contribution in [0.5, 0.6) is 0 Å². The van der Waals surface area contributed by atoms with Crippen molar-refractivity contribution in [3.05, 3.63) is 35.4 Å². The van der Waals surface area contributed by atoms with E-state index < -0.39 is 0 Å². The molecule has 19 heavy (non-hydrogen) atoms. The van der Waals surface area contributed by atoms with Crippen molar-refractivity contribution >= 4 is 5.90 Å². The molecule has 0 radical (unpaired) electrons. The van der Waals surface area contributed by atoms with Crippen LogP contribution in [0.25, 0.3) is 0 Å². The highest BCUT2D eigenvalue weighted by molar-refractivity contribution is 5.95. The number of benzene rings is 1. The molecule has 108 valence electrons. The first-order valence-electron chi connectivity index (χ1n) is 7.33. The van der Waals surface area contributed by atoms with Crippen LogP contribution in [0, 0.1) is 6.92 Å². The first kappa shape index (κ1) is 17.7. The largest absolute Gasteiger partial charge is 0.469 e. The van der Waals surface area contributed by atoms with E-state index in [-0.39, 0.29) is 11.6 Å². The van der Waals surface area contributed by atoms with Crippen molar-refractivity contribution in [2.45, 2.75) is 67.0 Å².